The maximum Gasteiger partial charge on any atom is 0.243 e. The molecular formula is C12H9Cl2N3OS. The van der Waals surface area contributed by atoms with Crippen molar-refractivity contribution >= 4 is 39.5 Å². The van der Waals surface area contributed by atoms with Gasteiger partial charge in [0.15, 0.2) is 4.96 Å². The van der Waals surface area contributed by atoms with Crippen molar-refractivity contribution in [2.24, 2.45) is 5.73 Å². The van der Waals surface area contributed by atoms with Crippen molar-refractivity contribution in [1.29, 1.82) is 0 Å². The third-order valence-corrected chi connectivity index (χ3v) is 4.20. The minimum atomic E-state index is 0.325. The summed E-state index contributed by atoms with van der Waals surface area (Å²) in [5, 5.41) is 2.75. The fourth-order valence-corrected chi connectivity index (χ4v) is 2.80. The number of imidazole rings is 1. The molecule has 0 saturated heterocycles. The second-order valence-corrected chi connectivity index (χ2v) is 5.44. The molecule has 0 amide bonds. The zero-order valence-corrected chi connectivity index (χ0v) is 12.0. The van der Waals surface area contributed by atoms with Crippen LogP contribution in [0.4, 0.5) is 0 Å². The van der Waals surface area contributed by atoms with Crippen LogP contribution in [0.3, 0.4) is 0 Å². The number of halogens is 2. The monoisotopic (exact) mass is 313 g/mol. The first-order valence-corrected chi connectivity index (χ1v) is 7.10. The summed E-state index contributed by atoms with van der Waals surface area (Å²) in [5.74, 6) is 0.924. The number of benzene rings is 1. The molecule has 3 aromatic rings. The first-order chi connectivity index (χ1) is 9.20. The van der Waals surface area contributed by atoms with Gasteiger partial charge in [0.1, 0.15) is 16.5 Å². The van der Waals surface area contributed by atoms with Crippen molar-refractivity contribution in [2.45, 2.75) is 6.54 Å². The van der Waals surface area contributed by atoms with Gasteiger partial charge in [-0.15, -0.1) is 11.3 Å². The lowest BCUT2D eigenvalue weighted by Crippen LogP contribution is -2.01. The van der Waals surface area contributed by atoms with Gasteiger partial charge in [0, 0.05) is 18.1 Å². The molecule has 98 valence electrons. The van der Waals surface area contributed by atoms with E-state index in [4.69, 9.17) is 33.7 Å². The average Bonchev–Trinajstić information content (AvgIpc) is 2.95. The molecule has 0 aliphatic heterocycles. The third kappa shape index (κ3) is 2.19. The van der Waals surface area contributed by atoms with E-state index >= 15 is 0 Å². The van der Waals surface area contributed by atoms with Gasteiger partial charge in [-0.2, -0.15) is 4.98 Å². The number of ether oxygens (including phenoxy) is 1. The summed E-state index contributed by atoms with van der Waals surface area (Å²) in [4.78, 5) is 5.21. The lowest BCUT2D eigenvalue weighted by molar-refractivity contribution is 0.459. The van der Waals surface area contributed by atoms with E-state index in [2.05, 4.69) is 4.98 Å². The van der Waals surface area contributed by atoms with E-state index in [1.807, 2.05) is 16.0 Å². The highest BCUT2D eigenvalue weighted by Gasteiger charge is 2.15. The summed E-state index contributed by atoms with van der Waals surface area (Å²) in [6.45, 7) is 0.325. The molecule has 0 unspecified atom stereocenters. The summed E-state index contributed by atoms with van der Waals surface area (Å²) < 4.78 is 7.63. The topological polar surface area (TPSA) is 52.5 Å². The SMILES string of the molecule is NCc1c(Oc2cccc(Cl)c2Cl)nc2sccn12. The normalized spacial score (nSPS) is 11.1. The number of nitrogens with zero attached hydrogens (tertiary/aromatic N) is 2. The number of fused-ring (bicyclic) bond motifs is 1. The predicted molar refractivity (Wildman–Crippen MR) is 77.5 cm³/mol. The fraction of sp³-hybridized carbons (Fsp3) is 0.0833. The van der Waals surface area contributed by atoms with Crippen molar-refractivity contribution in [1.82, 2.24) is 9.38 Å². The lowest BCUT2D eigenvalue weighted by atomic mass is 10.3. The molecule has 1 aromatic carbocycles. The number of nitrogens with two attached hydrogens (primary N) is 1. The molecule has 19 heavy (non-hydrogen) atoms. The van der Waals surface area contributed by atoms with Crippen LogP contribution in [0.15, 0.2) is 29.8 Å². The van der Waals surface area contributed by atoms with Gasteiger partial charge < -0.3 is 10.5 Å². The minimum Gasteiger partial charge on any atom is -0.436 e. The van der Waals surface area contributed by atoms with Crippen LogP contribution in [0.5, 0.6) is 11.6 Å². The summed E-state index contributed by atoms with van der Waals surface area (Å²) in [6, 6.07) is 5.21. The standard InChI is InChI=1S/C12H9Cl2N3OS/c13-7-2-1-3-9(10(7)14)18-11-8(6-15)17-4-5-19-12(17)16-11/h1-5H,6,15H2. The highest BCUT2D eigenvalue weighted by molar-refractivity contribution is 7.15. The summed E-state index contributed by atoms with van der Waals surface area (Å²) in [6.07, 6.45) is 1.90. The lowest BCUT2D eigenvalue weighted by Gasteiger charge is -2.07. The first kappa shape index (κ1) is 12.7. The molecule has 0 spiro atoms. The number of rotatable bonds is 3. The first-order valence-electron chi connectivity index (χ1n) is 5.47. The number of thiazole rings is 1. The van der Waals surface area contributed by atoms with Gasteiger partial charge in [-0.3, -0.25) is 4.40 Å². The molecule has 2 aromatic heterocycles. The molecular weight excluding hydrogens is 305 g/mol. The molecule has 4 nitrogen and oxygen atoms in total. The summed E-state index contributed by atoms with van der Waals surface area (Å²) in [5.41, 5.74) is 6.55. The second kappa shape index (κ2) is 5.02. The minimum absolute atomic E-state index is 0.325. The maximum absolute atomic E-state index is 6.09. The molecule has 0 fully saturated rings. The Labute approximate surface area is 123 Å². The Kier molecular flexibility index (Phi) is 3.36. The highest BCUT2D eigenvalue weighted by atomic mass is 35.5. The summed E-state index contributed by atoms with van der Waals surface area (Å²) >= 11 is 13.6. The number of hydrogen-bond donors (Lipinski definition) is 1. The summed E-state index contributed by atoms with van der Waals surface area (Å²) in [7, 11) is 0. The van der Waals surface area contributed by atoms with E-state index in [9.17, 15) is 0 Å². The number of hydrogen-bond acceptors (Lipinski definition) is 4. The van der Waals surface area contributed by atoms with Gasteiger partial charge in [-0.1, -0.05) is 29.3 Å². The average molecular weight is 314 g/mol. The smallest absolute Gasteiger partial charge is 0.243 e. The molecule has 0 saturated carbocycles. The third-order valence-electron chi connectivity index (χ3n) is 2.64. The zero-order valence-electron chi connectivity index (χ0n) is 9.64. The van der Waals surface area contributed by atoms with Crippen LogP contribution in [-0.2, 0) is 6.54 Å². The van der Waals surface area contributed by atoms with E-state index in [-0.39, 0.29) is 0 Å². The maximum atomic E-state index is 6.09. The van der Waals surface area contributed by atoms with Crippen LogP contribution in [-0.4, -0.2) is 9.38 Å². The predicted octanol–water partition coefficient (Wildman–Crippen LogP) is 3.95. The van der Waals surface area contributed by atoms with Crippen LogP contribution in [0.1, 0.15) is 5.69 Å². The van der Waals surface area contributed by atoms with Crippen molar-refractivity contribution in [3.63, 3.8) is 0 Å². The van der Waals surface area contributed by atoms with Gasteiger partial charge in [0.25, 0.3) is 0 Å². The molecule has 7 heteroatoms. The Morgan fingerprint density at radius 1 is 1.37 bits per heavy atom. The Morgan fingerprint density at radius 3 is 3.00 bits per heavy atom. The van der Waals surface area contributed by atoms with Gasteiger partial charge in [0.05, 0.1) is 5.02 Å². The zero-order chi connectivity index (χ0) is 13.4. The molecule has 0 atom stereocenters. The fourth-order valence-electron chi connectivity index (χ4n) is 1.75. The largest absolute Gasteiger partial charge is 0.436 e. The van der Waals surface area contributed by atoms with Crippen molar-refractivity contribution < 1.29 is 4.74 Å². The molecule has 2 N–H and O–H groups in total. The van der Waals surface area contributed by atoms with Crippen molar-refractivity contribution in [3.05, 3.63) is 45.5 Å². The Bertz CT molecular complexity index is 738. The number of aromatic nitrogens is 2. The highest BCUT2D eigenvalue weighted by Crippen LogP contribution is 2.35. The van der Waals surface area contributed by atoms with Crippen LogP contribution >= 0.6 is 34.5 Å². The van der Waals surface area contributed by atoms with Gasteiger partial charge in [-0.25, -0.2) is 0 Å². The van der Waals surface area contributed by atoms with Crippen LogP contribution < -0.4 is 10.5 Å². The van der Waals surface area contributed by atoms with Crippen molar-refractivity contribution in [3.8, 4) is 11.6 Å². The molecule has 0 aliphatic rings. The van der Waals surface area contributed by atoms with Gasteiger partial charge >= 0.3 is 0 Å². The molecule has 2 heterocycles. The van der Waals surface area contributed by atoms with Gasteiger partial charge in [0.2, 0.25) is 5.88 Å². The van der Waals surface area contributed by atoms with Crippen molar-refractivity contribution in [2.75, 3.05) is 0 Å². The van der Waals surface area contributed by atoms with E-state index in [0.717, 1.165) is 10.7 Å². The van der Waals surface area contributed by atoms with E-state index in [1.54, 1.807) is 18.2 Å². The Hall–Kier alpha value is -1.27. The van der Waals surface area contributed by atoms with Crippen LogP contribution in [0.2, 0.25) is 10.0 Å². The molecule has 3 rings (SSSR count). The van der Waals surface area contributed by atoms with E-state index < -0.39 is 0 Å². The van der Waals surface area contributed by atoms with Gasteiger partial charge in [-0.05, 0) is 12.1 Å². The van der Waals surface area contributed by atoms with E-state index in [1.165, 1.54) is 11.3 Å². The Balaban J connectivity index is 2.05. The molecule has 0 aliphatic carbocycles. The molecule has 0 radical (unpaired) electrons. The van der Waals surface area contributed by atoms with Crippen LogP contribution in [0, 0.1) is 0 Å². The van der Waals surface area contributed by atoms with E-state index in [0.29, 0.717) is 28.2 Å². The molecule has 0 bridgehead atoms. The quantitative estimate of drug-likeness (QED) is 0.796. The Morgan fingerprint density at radius 2 is 2.21 bits per heavy atom. The van der Waals surface area contributed by atoms with Crippen LogP contribution in [0.25, 0.3) is 4.96 Å². The second-order valence-electron chi connectivity index (χ2n) is 3.78.